The van der Waals surface area contributed by atoms with Gasteiger partial charge in [-0.3, -0.25) is 4.79 Å². The minimum absolute atomic E-state index is 0.103. The molecule has 0 aromatic heterocycles. The summed E-state index contributed by atoms with van der Waals surface area (Å²) in [6.45, 7) is 3.96. The lowest BCUT2D eigenvalue weighted by molar-refractivity contribution is -0.127. The van der Waals surface area contributed by atoms with E-state index in [0.717, 1.165) is 18.4 Å². The van der Waals surface area contributed by atoms with Gasteiger partial charge in [0, 0.05) is 11.9 Å². The van der Waals surface area contributed by atoms with E-state index in [4.69, 9.17) is 11.6 Å². The molecule has 0 bridgehead atoms. The highest BCUT2D eigenvalue weighted by atomic mass is 35.5. The second kappa shape index (κ2) is 6.62. The van der Waals surface area contributed by atoms with E-state index in [1.54, 1.807) is 0 Å². The van der Waals surface area contributed by atoms with Crippen molar-refractivity contribution in [1.29, 1.82) is 0 Å². The third-order valence-corrected chi connectivity index (χ3v) is 4.88. The number of hydrogen-bond donors (Lipinski definition) is 1. The van der Waals surface area contributed by atoms with Gasteiger partial charge in [-0.25, -0.2) is 0 Å². The largest absolute Gasteiger partial charge is 0.352 e. The number of benzene rings is 1. The van der Waals surface area contributed by atoms with Crippen molar-refractivity contribution >= 4 is 17.5 Å². The summed E-state index contributed by atoms with van der Waals surface area (Å²) < 4.78 is 0. The minimum atomic E-state index is -0.504. The molecule has 0 radical (unpaired) electrons. The molecule has 1 saturated carbocycles. The second-order valence-electron chi connectivity index (χ2n) is 6.27. The molecule has 2 nitrogen and oxygen atoms in total. The molecule has 2 rings (SSSR count). The van der Waals surface area contributed by atoms with Crippen molar-refractivity contribution < 1.29 is 4.79 Å². The van der Waals surface area contributed by atoms with Gasteiger partial charge in [0.25, 0.3) is 0 Å². The third-order valence-electron chi connectivity index (χ3n) is 4.49. The topological polar surface area (TPSA) is 29.1 Å². The predicted molar refractivity (Wildman–Crippen MR) is 84.1 cm³/mol. The molecule has 0 aliphatic heterocycles. The van der Waals surface area contributed by atoms with Gasteiger partial charge in [0.2, 0.25) is 5.91 Å². The zero-order valence-corrected chi connectivity index (χ0v) is 13.1. The Hall–Kier alpha value is -1.02. The summed E-state index contributed by atoms with van der Waals surface area (Å²) in [6.07, 6.45) is 4.59. The van der Waals surface area contributed by atoms with Crippen LogP contribution in [0.4, 0.5) is 0 Å². The first kappa shape index (κ1) is 15.4. The van der Waals surface area contributed by atoms with Crippen molar-refractivity contribution in [2.75, 3.05) is 5.88 Å². The van der Waals surface area contributed by atoms with Crippen molar-refractivity contribution in [1.82, 2.24) is 5.32 Å². The molecule has 0 saturated heterocycles. The number of hydrogen-bond acceptors (Lipinski definition) is 1. The molecule has 1 aromatic rings. The van der Waals surface area contributed by atoms with E-state index >= 15 is 0 Å². The molecule has 1 aromatic carbocycles. The van der Waals surface area contributed by atoms with Crippen LogP contribution in [0.15, 0.2) is 30.3 Å². The van der Waals surface area contributed by atoms with E-state index in [1.807, 2.05) is 44.2 Å². The first-order valence-corrected chi connectivity index (χ1v) is 8.01. The van der Waals surface area contributed by atoms with Crippen LogP contribution in [0.3, 0.4) is 0 Å². The van der Waals surface area contributed by atoms with Crippen LogP contribution < -0.4 is 5.32 Å². The summed E-state index contributed by atoms with van der Waals surface area (Å²) in [6, 6.07) is 10.2. The summed E-state index contributed by atoms with van der Waals surface area (Å²) >= 11 is 6.04. The smallest absolute Gasteiger partial charge is 0.230 e. The fourth-order valence-electron chi connectivity index (χ4n) is 2.92. The van der Waals surface area contributed by atoms with Gasteiger partial charge in [0.05, 0.1) is 5.41 Å². The Morgan fingerprint density at radius 1 is 1.25 bits per heavy atom. The highest BCUT2D eigenvalue weighted by Crippen LogP contribution is 2.28. The van der Waals surface area contributed by atoms with Gasteiger partial charge in [0.15, 0.2) is 0 Å². The predicted octanol–water partition coefficient (Wildman–Crippen LogP) is 3.88. The quantitative estimate of drug-likeness (QED) is 0.839. The van der Waals surface area contributed by atoms with Crippen molar-refractivity contribution in [3.05, 3.63) is 35.9 Å². The highest BCUT2D eigenvalue weighted by molar-refractivity contribution is 6.18. The van der Waals surface area contributed by atoms with Crippen LogP contribution in [0.5, 0.6) is 0 Å². The Balaban J connectivity index is 2.07. The molecular formula is C17H24ClNO. The van der Waals surface area contributed by atoms with Crippen LogP contribution >= 0.6 is 11.6 Å². The first-order valence-electron chi connectivity index (χ1n) is 7.48. The molecule has 1 amide bonds. The van der Waals surface area contributed by atoms with E-state index in [9.17, 15) is 4.79 Å². The van der Waals surface area contributed by atoms with Gasteiger partial charge in [-0.1, -0.05) is 43.2 Å². The van der Waals surface area contributed by atoms with E-state index in [2.05, 4.69) is 5.32 Å². The van der Waals surface area contributed by atoms with Crippen LogP contribution in [-0.4, -0.2) is 17.8 Å². The first-order chi connectivity index (χ1) is 9.55. The maximum Gasteiger partial charge on any atom is 0.230 e. The molecular weight excluding hydrogens is 270 g/mol. The van der Waals surface area contributed by atoms with Crippen molar-refractivity contribution in [3.8, 4) is 0 Å². The monoisotopic (exact) mass is 293 g/mol. The Labute approximate surface area is 126 Å². The molecule has 1 aliphatic carbocycles. The summed E-state index contributed by atoms with van der Waals surface area (Å²) in [5, 5.41) is 3.24. The molecule has 20 heavy (non-hydrogen) atoms. The molecule has 1 fully saturated rings. The Bertz CT molecular complexity index is 444. The van der Waals surface area contributed by atoms with Gasteiger partial charge in [-0.05, 0) is 38.2 Å². The fraction of sp³-hybridized carbons (Fsp3) is 0.588. The van der Waals surface area contributed by atoms with Crippen LogP contribution in [-0.2, 0) is 10.2 Å². The summed E-state index contributed by atoms with van der Waals surface area (Å²) in [5.41, 5.74) is 0.547. The number of nitrogens with one attached hydrogen (secondary N) is 1. The number of amides is 1. The number of rotatable bonds is 4. The number of halogens is 1. The van der Waals surface area contributed by atoms with E-state index < -0.39 is 5.41 Å². The van der Waals surface area contributed by atoms with Gasteiger partial charge < -0.3 is 5.32 Å². The minimum Gasteiger partial charge on any atom is -0.352 e. The standard InChI is InChI=1S/C17H24ClNO/c1-17(2,14-9-4-3-5-10-14)16(20)19-15-11-7-6-8-13(15)12-18/h3-5,9-10,13,15H,6-8,11-12H2,1-2H3,(H,19,20). The Kier molecular flexibility index (Phi) is 5.09. The maximum absolute atomic E-state index is 12.6. The lowest BCUT2D eigenvalue weighted by atomic mass is 9.81. The van der Waals surface area contributed by atoms with Crippen molar-refractivity contribution in [3.63, 3.8) is 0 Å². The molecule has 0 spiro atoms. The normalized spacial score (nSPS) is 23.4. The van der Waals surface area contributed by atoms with Crippen LogP contribution in [0.1, 0.15) is 45.1 Å². The third kappa shape index (κ3) is 3.35. The highest BCUT2D eigenvalue weighted by Gasteiger charge is 2.33. The van der Waals surface area contributed by atoms with Crippen molar-refractivity contribution in [2.24, 2.45) is 5.92 Å². The van der Waals surface area contributed by atoms with Crippen LogP contribution in [0.2, 0.25) is 0 Å². The summed E-state index contributed by atoms with van der Waals surface area (Å²) in [5.74, 6) is 1.16. The number of alkyl halides is 1. The lowest BCUT2D eigenvalue weighted by Crippen LogP contribution is -2.49. The SMILES string of the molecule is CC(C)(C(=O)NC1CCCCC1CCl)c1ccccc1. The van der Waals surface area contributed by atoms with Gasteiger partial charge in [0.1, 0.15) is 0 Å². The number of carbonyl (C=O) groups excluding carboxylic acids is 1. The van der Waals surface area contributed by atoms with E-state index in [0.29, 0.717) is 11.8 Å². The Morgan fingerprint density at radius 2 is 1.90 bits per heavy atom. The van der Waals surface area contributed by atoms with Crippen LogP contribution in [0, 0.1) is 5.92 Å². The lowest BCUT2D eigenvalue weighted by Gasteiger charge is -2.34. The zero-order chi connectivity index (χ0) is 14.6. The summed E-state index contributed by atoms with van der Waals surface area (Å²) in [7, 11) is 0. The van der Waals surface area contributed by atoms with E-state index in [-0.39, 0.29) is 11.9 Å². The fourth-order valence-corrected chi connectivity index (χ4v) is 3.29. The average Bonchev–Trinajstić information content (AvgIpc) is 2.48. The molecule has 2 atom stereocenters. The molecule has 1 N–H and O–H groups in total. The summed E-state index contributed by atoms with van der Waals surface area (Å²) in [4.78, 5) is 12.6. The molecule has 3 heteroatoms. The average molecular weight is 294 g/mol. The molecule has 2 unspecified atom stereocenters. The van der Waals surface area contributed by atoms with Gasteiger partial charge in [-0.2, -0.15) is 0 Å². The number of carbonyl (C=O) groups is 1. The van der Waals surface area contributed by atoms with E-state index in [1.165, 1.54) is 12.8 Å². The van der Waals surface area contributed by atoms with Crippen molar-refractivity contribution in [2.45, 2.75) is 51.0 Å². The molecule has 110 valence electrons. The Morgan fingerprint density at radius 3 is 2.55 bits per heavy atom. The second-order valence-corrected chi connectivity index (χ2v) is 6.58. The maximum atomic E-state index is 12.6. The van der Waals surface area contributed by atoms with Gasteiger partial charge >= 0.3 is 0 Å². The van der Waals surface area contributed by atoms with Crippen LogP contribution in [0.25, 0.3) is 0 Å². The molecule has 0 heterocycles. The zero-order valence-electron chi connectivity index (χ0n) is 12.4. The van der Waals surface area contributed by atoms with Gasteiger partial charge in [-0.15, -0.1) is 11.6 Å². The molecule has 1 aliphatic rings.